The molecule has 0 fully saturated rings. The van der Waals surface area contributed by atoms with Gasteiger partial charge in [-0.2, -0.15) is 0 Å². The Morgan fingerprint density at radius 1 is 1.11 bits per heavy atom. The maximum absolute atomic E-state index is 11.1. The van der Waals surface area contributed by atoms with Crippen molar-refractivity contribution in [2.75, 3.05) is 0 Å². The van der Waals surface area contributed by atoms with E-state index >= 15 is 0 Å². The highest BCUT2D eigenvalue weighted by atomic mass is 16.4. The smallest absolute Gasteiger partial charge is 0.331 e. The van der Waals surface area contributed by atoms with Crippen LogP contribution in [0.1, 0.15) is 38.2 Å². The number of benzene rings is 1. The summed E-state index contributed by atoms with van der Waals surface area (Å²) < 4.78 is 0. The number of carbonyl (C=O) groups is 2. The molecule has 1 aromatic carbocycles. The number of carboxylic acid groups (broad SMARTS) is 1. The summed E-state index contributed by atoms with van der Waals surface area (Å²) in [5.74, 6) is -0.736. The summed E-state index contributed by atoms with van der Waals surface area (Å²) in [6.07, 6.45) is 4.19. The van der Waals surface area contributed by atoms with Gasteiger partial charge in [-0.15, -0.1) is 0 Å². The maximum atomic E-state index is 11.1. The van der Waals surface area contributed by atoms with E-state index in [0.29, 0.717) is 18.4 Å². The lowest BCUT2D eigenvalue weighted by molar-refractivity contribution is -0.132. The van der Waals surface area contributed by atoms with Crippen LogP contribution in [0.3, 0.4) is 0 Å². The van der Waals surface area contributed by atoms with E-state index in [1.54, 1.807) is 13.0 Å². The molecule has 0 radical (unpaired) electrons. The molecular weight excluding hydrogens is 228 g/mol. The Morgan fingerprint density at radius 3 is 2.28 bits per heavy atom. The minimum Gasteiger partial charge on any atom is -0.478 e. The predicted octanol–water partition coefficient (Wildman–Crippen LogP) is 3.30. The Labute approximate surface area is 107 Å². The molecule has 0 unspecified atom stereocenters. The second kappa shape index (κ2) is 7.43. The molecule has 0 aliphatic heterocycles. The highest BCUT2D eigenvalue weighted by molar-refractivity contribution is 5.92. The van der Waals surface area contributed by atoms with Crippen LogP contribution in [0.5, 0.6) is 0 Å². The summed E-state index contributed by atoms with van der Waals surface area (Å²) in [6, 6.07) is 9.39. The molecule has 0 aliphatic carbocycles. The van der Waals surface area contributed by atoms with Gasteiger partial charge in [0.1, 0.15) is 5.78 Å². The van der Waals surface area contributed by atoms with Crippen molar-refractivity contribution in [1.29, 1.82) is 0 Å². The molecule has 1 N–H and O–H groups in total. The zero-order valence-electron chi connectivity index (χ0n) is 10.6. The molecule has 1 aromatic rings. The summed E-state index contributed by atoms with van der Waals surface area (Å²) in [6.45, 7) is 1.55. The average Bonchev–Trinajstić information content (AvgIpc) is 2.33. The number of carboxylic acids is 1. The Morgan fingerprint density at radius 2 is 1.72 bits per heavy atom. The molecule has 0 spiro atoms. The van der Waals surface area contributed by atoms with Gasteiger partial charge in [0.25, 0.3) is 0 Å². The van der Waals surface area contributed by atoms with E-state index in [0.717, 1.165) is 18.4 Å². The number of hydrogen-bond donors (Lipinski definition) is 1. The van der Waals surface area contributed by atoms with Gasteiger partial charge in [-0.3, -0.25) is 0 Å². The van der Waals surface area contributed by atoms with Crippen LogP contribution in [-0.4, -0.2) is 16.9 Å². The summed E-state index contributed by atoms with van der Waals surface area (Å²) in [5, 5.41) is 9.11. The van der Waals surface area contributed by atoms with Crippen LogP contribution >= 0.6 is 0 Å². The van der Waals surface area contributed by atoms with Gasteiger partial charge >= 0.3 is 5.97 Å². The molecule has 0 aromatic heterocycles. The third-order valence-corrected chi connectivity index (χ3v) is 2.64. The third kappa shape index (κ3) is 5.43. The van der Waals surface area contributed by atoms with Crippen LogP contribution in [0, 0.1) is 0 Å². The molecular formula is C15H18O3. The van der Waals surface area contributed by atoms with E-state index in [4.69, 9.17) is 5.11 Å². The van der Waals surface area contributed by atoms with Crippen molar-refractivity contribution in [3.63, 3.8) is 0 Å². The second-order valence-corrected chi connectivity index (χ2v) is 4.29. The Kier molecular flexibility index (Phi) is 5.85. The minimum atomic E-state index is -0.887. The number of carbonyl (C=O) groups excluding carboxylic acids is 1. The lowest BCUT2D eigenvalue weighted by atomic mass is 10.0. The van der Waals surface area contributed by atoms with Crippen molar-refractivity contribution in [2.45, 2.75) is 32.6 Å². The molecule has 0 bridgehead atoms. The molecule has 0 amide bonds. The van der Waals surface area contributed by atoms with Crippen LogP contribution < -0.4 is 0 Å². The first-order valence-electron chi connectivity index (χ1n) is 6.08. The summed E-state index contributed by atoms with van der Waals surface area (Å²) in [4.78, 5) is 21.9. The van der Waals surface area contributed by atoms with E-state index in [2.05, 4.69) is 0 Å². The van der Waals surface area contributed by atoms with E-state index in [1.165, 1.54) is 0 Å². The van der Waals surface area contributed by atoms with Crippen molar-refractivity contribution >= 4 is 17.8 Å². The highest BCUT2D eigenvalue weighted by Crippen LogP contribution is 2.14. The van der Waals surface area contributed by atoms with Gasteiger partial charge in [0.2, 0.25) is 0 Å². The van der Waals surface area contributed by atoms with E-state index in [-0.39, 0.29) is 5.78 Å². The van der Waals surface area contributed by atoms with E-state index in [9.17, 15) is 9.59 Å². The van der Waals surface area contributed by atoms with Crippen LogP contribution in [-0.2, 0) is 9.59 Å². The van der Waals surface area contributed by atoms with Crippen LogP contribution in [0.15, 0.2) is 35.9 Å². The predicted molar refractivity (Wildman–Crippen MR) is 71.2 cm³/mol. The zero-order valence-corrected chi connectivity index (χ0v) is 10.6. The molecule has 0 saturated heterocycles. The van der Waals surface area contributed by atoms with Gasteiger partial charge in [0.05, 0.1) is 0 Å². The van der Waals surface area contributed by atoms with Crippen molar-refractivity contribution in [2.24, 2.45) is 0 Å². The fourth-order valence-corrected chi connectivity index (χ4v) is 1.68. The van der Waals surface area contributed by atoms with Gasteiger partial charge in [-0.25, -0.2) is 4.79 Å². The van der Waals surface area contributed by atoms with E-state index in [1.807, 2.05) is 30.3 Å². The molecule has 0 aliphatic rings. The highest BCUT2D eigenvalue weighted by Gasteiger charge is 2.07. The number of unbranched alkanes of at least 4 members (excludes halogenated alkanes) is 1. The topological polar surface area (TPSA) is 54.4 Å². The molecule has 18 heavy (non-hydrogen) atoms. The summed E-state index contributed by atoms with van der Waals surface area (Å²) in [7, 11) is 0. The first-order chi connectivity index (χ1) is 8.59. The number of Topliss-reactive ketones (excluding diaryl/α,β-unsaturated/α-hetero) is 1. The monoisotopic (exact) mass is 246 g/mol. The van der Waals surface area contributed by atoms with Crippen LogP contribution in [0.2, 0.25) is 0 Å². The van der Waals surface area contributed by atoms with Crippen LogP contribution in [0.25, 0.3) is 6.08 Å². The maximum Gasteiger partial charge on any atom is 0.331 e. The lowest BCUT2D eigenvalue weighted by Crippen LogP contribution is -2.01. The van der Waals surface area contributed by atoms with Crippen LogP contribution in [0.4, 0.5) is 0 Å². The first-order valence-corrected chi connectivity index (χ1v) is 6.08. The van der Waals surface area contributed by atoms with Gasteiger partial charge in [0, 0.05) is 12.0 Å². The van der Waals surface area contributed by atoms with Crippen molar-refractivity contribution in [1.82, 2.24) is 0 Å². The number of hydrogen-bond acceptors (Lipinski definition) is 2. The number of rotatable bonds is 7. The Bertz CT molecular complexity index is 432. The molecule has 0 atom stereocenters. The summed E-state index contributed by atoms with van der Waals surface area (Å²) >= 11 is 0. The lowest BCUT2D eigenvalue weighted by Gasteiger charge is -2.02. The normalized spacial score (nSPS) is 11.3. The Balaban J connectivity index is 2.58. The second-order valence-electron chi connectivity index (χ2n) is 4.29. The molecule has 3 nitrogen and oxygen atoms in total. The first kappa shape index (κ1) is 14.2. The number of aliphatic carboxylic acids is 1. The van der Waals surface area contributed by atoms with Gasteiger partial charge in [-0.1, -0.05) is 30.3 Å². The summed E-state index contributed by atoms with van der Waals surface area (Å²) in [5.41, 5.74) is 1.28. The molecule has 3 heteroatoms. The minimum absolute atomic E-state index is 0.152. The molecule has 1 rings (SSSR count). The fourth-order valence-electron chi connectivity index (χ4n) is 1.68. The van der Waals surface area contributed by atoms with Gasteiger partial charge in [0.15, 0.2) is 0 Å². The van der Waals surface area contributed by atoms with Crippen molar-refractivity contribution in [3.8, 4) is 0 Å². The third-order valence-electron chi connectivity index (χ3n) is 2.64. The van der Waals surface area contributed by atoms with Crippen molar-refractivity contribution in [3.05, 3.63) is 41.5 Å². The largest absolute Gasteiger partial charge is 0.478 e. The standard InChI is InChI=1S/C15H18O3/c1-12(16)7-5-6-10-14(15(17)18)11-13-8-3-2-4-9-13/h2-4,8-9,11H,5-7,10H2,1H3,(H,17,18). The average molecular weight is 246 g/mol. The molecule has 96 valence electrons. The van der Waals surface area contributed by atoms with Gasteiger partial charge < -0.3 is 9.90 Å². The van der Waals surface area contributed by atoms with Gasteiger partial charge in [-0.05, 0) is 37.8 Å². The molecule has 0 heterocycles. The SMILES string of the molecule is CC(=O)CCCCC(=Cc1ccccc1)C(=O)O. The molecule has 0 saturated carbocycles. The van der Waals surface area contributed by atoms with Crippen molar-refractivity contribution < 1.29 is 14.7 Å². The zero-order chi connectivity index (χ0) is 13.4. The fraction of sp³-hybridized carbons (Fsp3) is 0.333. The van der Waals surface area contributed by atoms with E-state index < -0.39 is 5.97 Å². The quantitative estimate of drug-likeness (QED) is 0.593. The Hall–Kier alpha value is -1.90. The number of ketones is 1.